The lowest BCUT2D eigenvalue weighted by Crippen LogP contribution is -2.00. The first-order valence-corrected chi connectivity index (χ1v) is 4.60. The molecule has 0 aliphatic rings. The van der Waals surface area contributed by atoms with Gasteiger partial charge in [0, 0.05) is 5.56 Å². The van der Waals surface area contributed by atoms with Crippen LogP contribution in [-0.2, 0) is 0 Å². The highest BCUT2D eigenvalue weighted by Crippen LogP contribution is 2.15. The molecular formula is C10H9Cl2FO. The Morgan fingerprint density at radius 1 is 1.43 bits per heavy atom. The average Bonchev–Trinajstić information content (AvgIpc) is 2.24. The second-order valence-electron chi connectivity index (χ2n) is 2.19. The lowest BCUT2D eigenvalue weighted by atomic mass is 10.1. The maximum atomic E-state index is 12.7. The molecule has 0 saturated carbocycles. The second-order valence-corrected chi connectivity index (χ2v) is 2.86. The van der Waals surface area contributed by atoms with Gasteiger partial charge in [0.25, 0.3) is 0 Å². The molecule has 0 unspecified atom stereocenters. The van der Waals surface area contributed by atoms with Crippen LogP contribution in [0.15, 0.2) is 31.4 Å². The molecule has 0 amide bonds. The molecule has 0 saturated heterocycles. The second kappa shape index (κ2) is 6.57. The van der Waals surface area contributed by atoms with Gasteiger partial charge in [-0.3, -0.25) is 4.79 Å². The molecule has 76 valence electrons. The number of ketones is 1. The van der Waals surface area contributed by atoms with Crippen molar-refractivity contribution in [1.29, 1.82) is 0 Å². The predicted molar refractivity (Wildman–Crippen MR) is 57.7 cm³/mol. The van der Waals surface area contributed by atoms with Gasteiger partial charge in [-0.2, -0.15) is 0 Å². The van der Waals surface area contributed by atoms with Crippen LogP contribution in [0.4, 0.5) is 4.39 Å². The van der Waals surface area contributed by atoms with Crippen LogP contribution in [0.2, 0.25) is 5.02 Å². The van der Waals surface area contributed by atoms with Crippen molar-refractivity contribution in [3.8, 4) is 0 Å². The SMILES string of the molecule is C=C.O=C(CCl)c1ccc(Cl)c(F)c1. The molecule has 0 aromatic heterocycles. The molecule has 1 aromatic rings. The summed E-state index contributed by atoms with van der Waals surface area (Å²) in [4.78, 5) is 10.9. The summed E-state index contributed by atoms with van der Waals surface area (Å²) in [5.41, 5.74) is 0.243. The smallest absolute Gasteiger partial charge is 0.177 e. The first-order valence-electron chi connectivity index (χ1n) is 3.69. The van der Waals surface area contributed by atoms with E-state index in [4.69, 9.17) is 23.2 Å². The quantitative estimate of drug-likeness (QED) is 0.434. The lowest BCUT2D eigenvalue weighted by molar-refractivity contribution is 0.102. The van der Waals surface area contributed by atoms with Gasteiger partial charge in [0.05, 0.1) is 10.9 Å². The standard InChI is InChI=1S/C8H5Cl2FO.C2H4/c9-4-8(12)5-1-2-6(10)7(11)3-5;1-2/h1-3H,4H2;1-2H2. The van der Waals surface area contributed by atoms with Crippen LogP contribution in [-0.4, -0.2) is 11.7 Å². The van der Waals surface area contributed by atoms with Crippen LogP contribution < -0.4 is 0 Å². The molecule has 0 bridgehead atoms. The van der Waals surface area contributed by atoms with Crippen molar-refractivity contribution >= 4 is 29.0 Å². The molecule has 1 aromatic carbocycles. The number of benzene rings is 1. The minimum atomic E-state index is -0.604. The molecule has 0 radical (unpaired) electrons. The molecule has 14 heavy (non-hydrogen) atoms. The number of rotatable bonds is 2. The zero-order chi connectivity index (χ0) is 11.1. The van der Waals surface area contributed by atoms with E-state index in [9.17, 15) is 9.18 Å². The Balaban J connectivity index is 0.000000791. The van der Waals surface area contributed by atoms with Gasteiger partial charge in [-0.1, -0.05) is 11.6 Å². The van der Waals surface area contributed by atoms with Crippen LogP contribution >= 0.6 is 23.2 Å². The third-order valence-electron chi connectivity index (χ3n) is 1.36. The number of halogens is 3. The fraction of sp³-hybridized carbons (Fsp3) is 0.100. The van der Waals surface area contributed by atoms with Crippen LogP contribution in [0.25, 0.3) is 0 Å². The number of carbonyl (C=O) groups excluding carboxylic acids is 1. The fourth-order valence-corrected chi connectivity index (χ4v) is 1.02. The van der Waals surface area contributed by atoms with Gasteiger partial charge >= 0.3 is 0 Å². The maximum absolute atomic E-state index is 12.7. The highest BCUT2D eigenvalue weighted by molar-refractivity contribution is 6.32. The molecule has 0 fully saturated rings. The largest absolute Gasteiger partial charge is 0.293 e. The normalized spacial score (nSPS) is 8.79. The first kappa shape index (κ1) is 13.1. The molecular weight excluding hydrogens is 226 g/mol. The Bertz CT molecular complexity index is 326. The highest BCUT2D eigenvalue weighted by atomic mass is 35.5. The van der Waals surface area contributed by atoms with Crippen molar-refractivity contribution in [1.82, 2.24) is 0 Å². The Morgan fingerprint density at radius 3 is 2.43 bits per heavy atom. The van der Waals surface area contributed by atoms with Crippen LogP contribution in [0.5, 0.6) is 0 Å². The van der Waals surface area contributed by atoms with Crippen LogP contribution in [0, 0.1) is 5.82 Å². The van der Waals surface area contributed by atoms with Crippen LogP contribution in [0.1, 0.15) is 10.4 Å². The maximum Gasteiger partial charge on any atom is 0.177 e. The molecule has 0 N–H and O–H groups in total. The number of carbonyl (C=O) groups is 1. The zero-order valence-electron chi connectivity index (χ0n) is 7.40. The van der Waals surface area contributed by atoms with Gasteiger partial charge in [-0.25, -0.2) is 4.39 Å². The van der Waals surface area contributed by atoms with E-state index in [0.717, 1.165) is 6.07 Å². The van der Waals surface area contributed by atoms with Gasteiger partial charge in [0.15, 0.2) is 5.78 Å². The van der Waals surface area contributed by atoms with Gasteiger partial charge in [-0.05, 0) is 18.2 Å². The van der Waals surface area contributed by atoms with Crippen LogP contribution in [0.3, 0.4) is 0 Å². The molecule has 1 nitrogen and oxygen atoms in total. The third kappa shape index (κ3) is 3.48. The monoisotopic (exact) mass is 234 g/mol. The van der Waals surface area contributed by atoms with Crippen molar-refractivity contribution in [3.63, 3.8) is 0 Å². The van der Waals surface area contributed by atoms with Crippen molar-refractivity contribution in [3.05, 3.63) is 47.8 Å². The van der Waals surface area contributed by atoms with E-state index in [1.54, 1.807) is 0 Å². The summed E-state index contributed by atoms with van der Waals surface area (Å²) in [5, 5.41) is 0.00104. The summed E-state index contributed by atoms with van der Waals surface area (Å²) in [5.74, 6) is -1.07. The summed E-state index contributed by atoms with van der Waals surface area (Å²) in [6, 6.07) is 3.85. The van der Waals surface area contributed by atoms with E-state index in [1.807, 2.05) is 0 Å². The minimum Gasteiger partial charge on any atom is -0.293 e. The van der Waals surface area contributed by atoms with E-state index < -0.39 is 5.82 Å². The average molecular weight is 235 g/mol. The van der Waals surface area contributed by atoms with E-state index in [2.05, 4.69) is 13.2 Å². The number of Topliss-reactive ketones (excluding diaryl/α,β-unsaturated/α-hetero) is 1. The molecule has 0 aliphatic carbocycles. The van der Waals surface area contributed by atoms with E-state index in [1.165, 1.54) is 12.1 Å². The fourth-order valence-electron chi connectivity index (χ4n) is 0.747. The molecule has 1 rings (SSSR count). The number of hydrogen-bond acceptors (Lipinski definition) is 1. The van der Waals surface area contributed by atoms with Crippen molar-refractivity contribution in [2.75, 3.05) is 5.88 Å². The summed E-state index contributed by atoms with van der Waals surface area (Å²) in [6.45, 7) is 6.00. The van der Waals surface area contributed by atoms with E-state index in [-0.39, 0.29) is 22.2 Å². The van der Waals surface area contributed by atoms with Crippen molar-refractivity contribution in [2.24, 2.45) is 0 Å². The van der Waals surface area contributed by atoms with Gasteiger partial charge in [-0.15, -0.1) is 24.8 Å². The Labute approximate surface area is 92.1 Å². The topological polar surface area (TPSA) is 17.1 Å². The number of alkyl halides is 1. The van der Waals surface area contributed by atoms with E-state index in [0.29, 0.717) is 0 Å². The molecule has 0 heterocycles. The highest BCUT2D eigenvalue weighted by Gasteiger charge is 2.06. The Hall–Kier alpha value is -0.860. The minimum absolute atomic E-state index is 0.00104. The van der Waals surface area contributed by atoms with E-state index >= 15 is 0 Å². The van der Waals surface area contributed by atoms with Gasteiger partial charge < -0.3 is 0 Å². The predicted octanol–water partition coefficient (Wildman–Crippen LogP) is 3.70. The molecule has 0 atom stereocenters. The van der Waals surface area contributed by atoms with Gasteiger partial charge in [0.2, 0.25) is 0 Å². The summed E-state index contributed by atoms with van der Waals surface area (Å²) >= 11 is 10.7. The number of hydrogen-bond donors (Lipinski definition) is 0. The zero-order valence-corrected chi connectivity index (χ0v) is 8.91. The Morgan fingerprint density at radius 2 is 2.00 bits per heavy atom. The molecule has 0 spiro atoms. The Kier molecular flexibility index (Phi) is 6.17. The van der Waals surface area contributed by atoms with Crippen molar-refractivity contribution in [2.45, 2.75) is 0 Å². The third-order valence-corrected chi connectivity index (χ3v) is 1.91. The summed E-state index contributed by atoms with van der Waals surface area (Å²) < 4.78 is 12.7. The molecule has 0 aliphatic heterocycles. The first-order chi connectivity index (χ1) is 6.65. The summed E-state index contributed by atoms with van der Waals surface area (Å²) in [6.07, 6.45) is 0. The molecule has 4 heteroatoms. The van der Waals surface area contributed by atoms with Crippen molar-refractivity contribution < 1.29 is 9.18 Å². The van der Waals surface area contributed by atoms with Gasteiger partial charge in [0.1, 0.15) is 5.82 Å². The summed E-state index contributed by atoms with van der Waals surface area (Å²) in [7, 11) is 0. The lowest BCUT2D eigenvalue weighted by Gasteiger charge is -1.97.